The summed E-state index contributed by atoms with van der Waals surface area (Å²) in [7, 11) is 0. The Bertz CT molecular complexity index is 686. The van der Waals surface area contributed by atoms with E-state index >= 15 is 0 Å². The summed E-state index contributed by atoms with van der Waals surface area (Å²) in [6, 6.07) is 4.25. The molecule has 1 amide bonds. The van der Waals surface area contributed by atoms with E-state index in [1.165, 1.54) is 5.69 Å². The van der Waals surface area contributed by atoms with Crippen LogP contribution >= 0.6 is 0 Å². The SMILES string of the molecule is C[C@@H]1c2cccn2CCN1C(=O)CCc1nc(C2CC2)no1. The monoisotopic (exact) mass is 300 g/mol. The van der Waals surface area contributed by atoms with Crippen LogP contribution in [0.4, 0.5) is 0 Å². The number of aryl methyl sites for hydroxylation is 1. The van der Waals surface area contributed by atoms with Crippen molar-refractivity contribution >= 4 is 5.91 Å². The number of rotatable bonds is 4. The molecular formula is C16H20N4O2. The number of hydrogen-bond acceptors (Lipinski definition) is 4. The van der Waals surface area contributed by atoms with E-state index in [0.29, 0.717) is 24.7 Å². The Labute approximate surface area is 129 Å². The molecule has 1 aliphatic carbocycles. The highest BCUT2D eigenvalue weighted by Crippen LogP contribution is 2.38. The summed E-state index contributed by atoms with van der Waals surface area (Å²) in [4.78, 5) is 18.8. The summed E-state index contributed by atoms with van der Waals surface area (Å²) in [5.41, 5.74) is 1.20. The normalized spacial score (nSPS) is 21.0. The Morgan fingerprint density at radius 1 is 1.41 bits per heavy atom. The predicted molar refractivity (Wildman–Crippen MR) is 79.2 cm³/mol. The van der Waals surface area contributed by atoms with Crippen molar-refractivity contribution in [3.05, 3.63) is 35.7 Å². The van der Waals surface area contributed by atoms with Gasteiger partial charge in [0.05, 0.1) is 6.04 Å². The lowest BCUT2D eigenvalue weighted by Gasteiger charge is -2.35. The molecule has 0 radical (unpaired) electrons. The minimum Gasteiger partial charge on any atom is -0.348 e. The minimum absolute atomic E-state index is 0.126. The van der Waals surface area contributed by atoms with Crippen molar-refractivity contribution < 1.29 is 9.32 Å². The molecule has 6 nitrogen and oxygen atoms in total. The fourth-order valence-electron chi connectivity index (χ4n) is 3.15. The van der Waals surface area contributed by atoms with Gasteiger partial charge in [0.25, 0.3) is 0 Å². The number of nitrogens with zero attached hydrogens (tertiary/aromatic N) is 4. The zero-order valence-corrected chi connectivity index (χ0v) is 12.7. The Hall–Kier alpha value is -2.11. The molecule has 2 aromatic heterocycles. The molecule has 116 valence electrons. The first kappa shape index (κ1) is 13.5. The predicted octanol–water partition coefficient (Wildman–Crippen LogP) is 2.28. The van der Waals surface area contributed by atoms with Crippen LogP contribution in [0, 0.1) is 0 Å². The van der Waals surface area contributed by atoms with Crippen molar-refractivity contribution in [1.29, 1.82) is 0 Å². The second kappa shape index (κ2) is 5.26. The third-order valence-electron chi connectivity index (χ3n) is 4.64. The Kier molecular flexibility index (Phi) is 3.24. The summed E-state index contributed by atoms with van der Waals surface area (Å²) in [5, 5.41) is 3.99. The third-order valence-corrected chi connectivity index (χ3v) is 4.64. The molecule has 0 unspecified atom stereocenters. The van der Waals surface area contributed by atoms with E-state index in [9.17, 15) is 4.79 Å². The molecule has 6 heteroatoms. The molecule has 22 heavy (non-hydrogen) atoms. The summed E-state index contributed by atoms with van der Waals surface area (Å²) in [6.45, 7) is 3.71. The molecule has 0 N–H and O–H groups in total. The van der Waals surface area contributed by atoms with Crippen molar-refractivity contribution in [2.75, 3.05) is 6.54 Å². The molecule has 1 saturated carbocycles. The molecule has 0 bridgehead atoms. The van der Waals surface area contributed by atoms with Crippen molar-refractivity contribution in [3.8, 4) is 0 Å². The molecule has 2 aromatic rings. The van der Waals surface area contributed by atoms with Gasteiger partial charge in [0, 0.05) is 43.7 Å². The highest BCUT2D eigenvalue weighted by Gasteiger charge is 2.30. The highest BCUT2D eigenvalue weighted by atomic mass is 16.5. The van der Waals surface area contributed by atoms with Crippen molar-refractivity contribution in [1.82, 2.24) is 19.6 Å². The van der Waals surface area contributed by atoms with Gasteiger partial charge in [-0.25, -0.2) is 0 Å². The van der Waals surface area contributed by atoms with Crippen molar-refractivity contribution in [2.45, 2.75) is 51.1 Å². The zero-order chi connectivity index (χ0) is 15.1. The first-order chi connectivity index (χ1) is 10.7. The van der Waals surface area contributed by atoms with Crippen LogP contribution in [0.2, 0.25) is 0 Å². The average molecular weight is 300 g/mol. The van der Waals surface area contributed by atoms with E-state index in [0.717, 1.165) is 31.8 Å². The second-order valence-corrected chi connectivity index (χ2v) is 6.21. The first-order valence-corrected chi connectivity index (χ1v) is 7.99. The van der Waals surface area contributed by atoms with Gasteiger partial charge in [-0.05, 0) is 31.9 Å². The van der Waals surface area contributed by atoms with Gasteiger partial charge in [-0.1, -0.05) is 5.16 Å². The van der Waals surface area contributed by atoms with Crippen LogP contribution in [0.5, 0.6) is 0 Å². The fourth-order valence-corrected chi connectivity index (χ4v) is 3.15. The largest absolute Gasteiger partial charge is 0.348 e. The molecule has 2 aliphatic rings. The number of carbonyl (C=O) groups excluding carboxylic acids is 1. The van der Waals surface area contributed by atoms with Gasteiger partial charge in [0.1, 0.15) is 0 Å². The fraction of sp³-hybridized carbons (Fsp3) is 0.562. The maximum absolute atomic E-state index is 12.5. The average Bonchev–Trinajstić information content (AvgIpc) is 3.07. The topological polar surface area (TPSA) is 64.2 Å². The lowest BCUT2D eigenvalue weighted by atomic mass is 10.1. The van der Waals surface area contributed by atoms with E-state index in [1.807, 2.05) is 11.0 Å². The maximum atomic E-state index is 12.5. The summed E-state index contributed by atoms with van der Waals surface area (Å²) in [6.07, 6.45) is 5.34. The minimum atomic E-state index is 0.126. The highest BCUT2D eigenvalue weighted by molar-refractivity contribution is 5.77. The summed E-state index contributed by atoms with van der Waals surface area (Å²) < 4.78 is 7.46. The number of hydrogen-bond donors (Lipinski definition) is 0. The van der Waals surface area contributed by atoms with Crippen LogP contribution in [0.3, 0.4) is 0 Å². The number of carbonyl (C=O) groups is 1. The molecule has 0 aromatic carbocycles. The number of amides is 1. The molecule has 1 fully saturated rings. The van der Waals surface area contributed by atoms with Crippen LogP contribution in [0.1, 0.15) is 55.6 Å². The van der Waals surface area contributed by atoms with Gasteiger partial charge in [0.15, 0.2) is 5.82 Å². The van der Waals surface area contributed by atoms with Crippen molar-refractivity contribution in [2.24, 2.45) is 0 Å². The van der Waals surface area contributed by atoms with E-state index in [-0.39, 0.29) is 11.9 Å². The van der Waals surface area contributed by atoms with E-state index in [4.69, 9.17) is 4.52 Å². The maximum Gasteiger partial charge on any atom is 0.227 e. The van der Waals surface area contributed by atoms with Gasteiger partial charge >= 0.3 is 0 Å². The molecule has 4 rings (SSSR count). The standard InChI is InChI=1S/C16H20N4O2/c1-11-13-3-2-8-19(13)9-10-20(11)15(21)7-6-14-17-16(18-22-14)12-4-5-12/h2-3,8,11-12H,4-7,9-10H2,1H3/t11-/m1/s1. The number of aromatic nitrogens is 3. The molecule has 1 aliphatic heterocycles. The van der Waals surface area contributed by atoms with Gasteiger partial charge in [-0.2, -0.15) is 4.98 Å². The smallest absolute Gasteiger partial charge is 0.227 e. The lowest BCUT2D eigenvalue weighted by Crippen LogP contribution is -2.40. The Morgan fingerprint density at radius 2 is 2.27 bits per heavy atom. The van der Waals surface area contributed by atoms with Gasteiger partial charge in [-0.3, -0.25) is 4.79 Å². The first-order valence-electron chi connectivity index (χ1n) is 7.99. The summed E-state index contributed by atoms with van der Waals surface area (Å²) in [5.74, 6) is 2.05. The molecule has 1 atom stereocenters. The van der Waals surface area contributed by atoms with E-state index in [1.54, 1.807) is 0 Å². The number of fused-ring (bicyclic) bond motifs is 1. The third kappa shape index (κ3) is 2.42. The molecular weight excluding hydrogens is 280 g/mol. The van der Waals surface area contributed by atoms with Crippen LogP contribution in [0.15, 0.2) is 22.9 Å². The molecule has 0 saturated heterocycles. The van der Waals surface area contributed by atoms with Crippen LogP contribution in [-0.4, -0.2) is 32.1 Å². The quantitative estimate of drug-likeness (QED) is 0.869. The van der Waals surface area contributed by atoms with Gasteiger partial charge in [0.2, 0.25) is 11.8 Å². The molecule has 0 spiro atoms. The van der Waals surface area contributed by atoms with Gasteiger partial charge in [-0.15, -0.1) is 0 Å². The Balaban J connectivity index is 1.37. The molecule has 3 heterocycles. The van der Waals surface area contributed by atoms with E-state index < -0.39 is 0 Å². The second-order valence-electron chi connectivity index (χ2n) is 6.21. The summed E-state index contributed by atoms with van der Waals surface area (Å²) >= 11 is 0. The van der Waals surface area contributed by atoms with Crippen molar-refractivity contribution in [3.63, 3.8) is 0 Å². The van der Waals surface area contributed by atoms with Crippen LogP contribution in [0.25, 0.3) is 0 Å². The van der Waals surface area contributed by atoms with Crippen LogP contribution in [-0.2, 0) is 17.8 Å². The zero-order valence-electron chi connectivity index (χ0n) is 12.7. The van der Waals surface area contributed by atoms with Gasteiger partial charge < -0.3 is 14.0 Å². The van der Waals surface area contributed by atoms with E-state index in [2.05, 4.69) is 33.9 Å². The van der Waals surface area contributed by atoms with Crippen LogP contribution < -0.4 is 0 Å². The lowest BCUT2D eigenvalue weighted by molar-refractivity contribution is -0.134. The Morgan fingerprint density at radius 3 is 3.09 bits per heavy atom.